The van der Waals surface area contributed by atoms with Gasteiger partial charge in [0.05, 0.1) is 5.41 Å². The fraction of sp³-hybridized carbons (Fsp3) is 0.846. The molecule has 94 valence electrons. The molecule has 4 bridgehead atoms. The van der Waals surface area contributed by atoms with Gasteiger partial charge in [0.2, 0.25) is 11.8 Å². The van der Waals surface area contributed by atoms with Gasteiger partial charge in [0, 0.05) is 5.92 Å². The minimum Gasteiger partial charge on any atom is -0.369 e. The molecule has 4 aliphatic carbocycles. The second-order valence-electron chi connectivity index (χ2n) is 6.83. The molecule has 4 aliphatic rings. The summed E-state index contributed by atoms with van der Waals surface area (Å²) < 4.78 is 0. The van der Waals surface area contributed by atoms with Gasteiger partial charge in [-0.25, -0.2) is 0 Å². The number of carbonyl (C=O) groups excluding carboxylic acids is 2. The van der Waals surface area contributed by atoms with Crippen LogP contribution in [0.15, 0.2) is 0 Å². The summed E-state index contributed by atoms with van der Waals surface area (Å²) in [6, 6.07) is 0. The lowest BCUT2D eigenvalue weighted by Gasteiger charge is -2.63. The van der Waals surface area contributed by atoms with Crippen LogP contribution in [0.25, 0.3) is 0 Å². The molecule has 0 aromatic rings. The van der Waals surface area contributed by atoms with Gasteiger partial charge in [-0.1, -0.05) is 6.92 Å². The van der Waals surface area contributed by atoms with E-state index in [1.807, 2.05) is 0 Å². The zero-order valence-corrected chi connectivity index (χ0v) is 10.2. The molecule has 4 rings (SSSR count). The Hall–Kier alpha value is -1.06. The van der Waals surface area contributed by atoms with E-state index in [4.69, 9.17) is 11.5 Å². The minimum absolute atomic E-state index is 0.0495. The summed E-state index contributed by atoms with van der Waals surface area (Å²) in [5.41, 5.74) is 10.8. The van der Waals surface area contributed by atoms with Gasteiger partial charge in [-0.15, -0.1) is 0 Å². The Morgan fingerprint density at radius 2 is 1.88 bits per heavy atom. The molecule has 0 saturated heterocycles. The molecule has 0 aromatic carbocycles. The minimum atomic E-state index is -0.341. The molecule has 2 amide bonds. The predicted octanol–water partition coefficient (Wildman–Crippen LogP) is 0.790. The summed E-state index contributed by atoms with van der Waals surface area (Å²) >= 11 is 0. The van der Waals surface area contributed by atoms with Crippen LogP contribution in [-0.4, -0.2) is 11.8 Å². The number of rotatable bonds is 2. The van der Waals surface area contributed by atoms with E-state index in [0.29, 0.717) is 5.92 Å². The van der Waals surface area contributed by atoms with Crippen LogP contribution in [0.5, 0.6) is 0 Å². The van der Waals surface area contributed by atoms with Gasteiger partial charge < -0.3 is 11.5 Å². The van der Waals surface area contributed by atoms with Crippen molar-refractivity contribution in [2.45, 2.75) is 39.0 Å². The van der Waals surface area contributed by atoms with E-state index in [0.717, 1.165) is 32.1 Å². The number of carbonyl (C=O) groups is 2. The quantitative estimate of drug-likeness (QED) is 0.742. The van der Waals surface area contributed by atoms with Gasteiger partial charge in [0.15, 0.2) is 0 Å². The highest BCUT2D eigenvalue weighted by atomic mass is 16.1. The zero-order valence-electron chi connectivity index (χ0n) is 10.2. The van der Waals surface area contributed by atoms with Crippen LogP contribution in [-0.2, 0) is 9.59 Å². The van der Waals surface area contributed by atoms with Crippen molar-refractivity contribution in [2.75, 3.05) is 0 Å². The first kappa shape index (κ1) is 11.1. The number of hydrogen-bond donors (Lipinski definition) is 2. The third-order valence-electron chi connectivity index (χ3n) is 5.52. The first-order valence-corrected chi connectivity index (χ1v) is 6.46. The van der Waals surface area contributed by atoms with Gasteiger partial charge in [-0.05, 0) is 49.4 Å². The van der Waals surface area contributed by atoms with Crippen molar-refractivity contribution in [3.8, 4) is 0 Å². The van der Waals surface area contributed by atoms with Crippen molar-refractivity contribution in [2.24, 2.45) is 40.1 Å². The molecule has 4 fully saturated rings. The highest BCUT2D eigenvalue weighted by Crippen LogP contribution is 2.67. The molecule has 4 heteroatoms. The lowest BCUT2D eigenvalue weighted by atomic mass is 9.40. The summed E-state index contributed by atoms with van der Waals surface area (Å²) in [7, 11) is 0. The Morgan fingerprint density at radius 3 is 2.41 bits per heavy atom. The van der Waals surface area contributed by atoms with Crippen LogP contribution in [0.3, 0.4) is 0 Å². The Morgan fingerprint density at radius 1 is 1.18 bits per heavy atom. The number of primary amides is 2. The summed E-state index contributed by atoms with van der Waals surface area (Å²) in [5, 5.41) is 0. The van der Waals surface area contributed by atoms with Crippen molar-refractivity contribution in [3.05, 3.63) is 0 Å². The highest BCUT2D eigenvalue weighted by molar-refractivity contribution is 5.83. The van der Waals surface area contributed by atoms with Gasteiger partial charge in [0.25, 0.3) is 0 Å². The smallest absolute Gasteiger partial charge is 0.223 e. The number of nitrogens with two attached hydrogens (primary N) is 2. The van der Waals surface area contributed by atoms with Crippen LogP contribution in [0.1, 0.15) is 39.0 Å². The first-order chi connectivity index (χ1) is 7.86. The maximum atomic E-state index is 11.8. The molecule has 4 N–H and O–H groups in total. The predicted molar refractivity (Wildman–Crippen MR) is 62.5 cm³/mol. The summed E-state index contributed by atoms with van der Waals surface area (Å²) in [6.07, 6.45) is 4.56. The molecule has 4 nitrogen and oxygen atoms in total. The monoisotopic (exact) mass is 236 g/mol. The van der Waals surface area contributed by atoms with Gasteiger partial charge >= 0.3 is 0 Å². The lowest BCUT2D eigenvalue weighted by Crippen LogP contribution is -2.62. The Balaban J connectivity index is 2.03. The highest BCUT2D eigenvalue weighted by Gasteiger charge is 2.63. The Kier molecular flexibility index (Phi) is 1.97. The molecule has 4 saturated carbocycles. The van der Waals surface area contributed by atoms with E-state index in [1.54, 1.807) is 0 Å². The molecule has 17 heavy (non-hydrogen) atoms. The molecule has 0 radical (unpaired) electrons. The molecule has 0 heterocycles. The van der Waals surface area contributed by atoms with Crippen LogP contribution in [0.4, 0.5) is 0 Å². The first-order valence-electron chi connectivity index (χ1n) is 6.46. The number of amides is 2. The molecule has 3 unspecified atom stereocenters. The van der Waals surface area contributed by atoms with Crippen molar-refractivity contribution >= 4 is 11.8 Å². The summed E-state index contributed by atoms with van der Waals surface area (Å²) in [5.74, 6) is 0.449. The molecular formula is C13H20N2O2. The summed E-state index contributed by atoms with van der Waals surface area (Å²) in [6.45, 7) is 2.12. The fourth-order valence-corrected chi connectivity index (χ4v) is 5.46. The molecule has 5 atom stereocenters. The van der Waals surface area contributed by atoms with Crippen molar-refractivity contribution < 1.29 is 9.59 Å². The Bertz CT molecular complexity index is 408. The van der Waals surface area contributed by atoms with Gasteiger partial charge in [-0.3, -0.25) is 9.59 Å². The molecule has 0 spiro atoms. The average Bonchev–Trinajstić information content (AvgIpc) is 2.12. The maximum absolute atomic E-state index is 11.8. The van der Waals surface area contributed by atoms with Crippen molar-refractivity contribution in [3.63, 3.8) is 0 Å². The van der Waals surface area contributed by atoms with Crippen LogP contribution >= 0.6 is 0 Å². The number of hydrogen-bond acceptors (Lipinski definition) is 2. The molecule has 0 aliphatic heterocycles. The third-order valence-corrected chi connectivity index (χ3v) is 5.52. The van der Waals surface area contributed by atoms with Crippen LogP contribution in [0.2, 0.25) is 0 Å². The molecule has 0 aromatic heterocycles. The molecular weight excluding hydrogens is 216 g/mol. The Labute approximate surface area is 101 Å². The average molecular weight is 236 g/mol. The van der Waals surface area contributed by atoms with Crippen molar-refractivity contribution in [1.82, 2.24) is 0 Å². The fourth-order valence-electron chi connectivity index (χ4n) is 5.46. The van der Waals surface area contributed by atoms with Crippen LogP contribution < -0.4 is 11.5 Å². The van der Waals surface area contributed by atoms with E-state index < -0.39 is 0 Å². The maximum Gasteiger partial charge on any atom is 0.223 e. The van der Waals surface area contributed by atoms with E-state index in [9.17, 15) is 9.59 Å². The topological polar surface area (TPSA) is 86.2 Å². The van der Waals surface area contributed by atoms with E-state index in [2.05, 4.69) is 6.92 Å². The van der Waals surface area contributed by atoms with Gasteiger partial charge in [0.1, 0.15) is 0 Å². The third kappa shape index (κ3) is 1.30. The largest absolute Gasteiger partial charge is 0.369 e. The van der Waals surface area contributed by atoms with Crippen LogP contribution in [0, 0.1) is 28.6 Å². The van der Waals surface area contributed by atoms with Gasteiger partial charge in [-0.2, -0.15) is 0 Å². The zero-order chi connectivity index (χ0) is 12.4. The van der Waals surface area contributed by atoms with E-state index in [-0.39, 0.29) is 34.5 Å². The second-order valence-corrected chi connectivity index (χ2v) is 6.83. The standard InChI is InChI=1S/C13H20N2O2/c1-12-3-7-2-8(9(12)10(14)16)5-13(4-7,6-12)11(15)17/h7-9H,2-6H2,1H3,(H2,14,16)(H2,15,17)/t7?,8-,9?,12+,13?/m1/s1. The SMILES string of the molecule is C[C@]12CC3C[C@H](CC(C(N)=O)(C3)C1)C2C(N)=O. The van der Waals surface area contributed by atoms with Crippen molar-refractivity contribution in [1.29, 1.82) is 0 Å². The summed E-state index contributed by atoms with van der Waals surface area (Å²) in [4.78, 5) is 23.5. The van der Waals surface area contributed by atoms with E-state index >= 15 is 0 Å². The second kappa shape index (κ2) is 3.03. The van der Waals surface area contributed by atoms with E-state index in [1.165, 1.54) is 0 Å². The lowest BCUT2D eigenvalue weighted by molar-refractivity contribution is -0.174. The normalized spacial score (nSPS) is 51.5.